The van der Waals surface area contributed by atoms with Gasteiger partial charge in [-0.05, 0) is 45.2 Å². The zero-order valence-electron chi connectivity index (χ0n) is 11.1. The molecule has 0 saturated carbocycles. The molecule has 0 aliphatic carbocycles. The molecule has 1 saturated heterocycles. The number of nitrogens with zero attached hydrogens (tertiary/aromatic N) is 1. The third kappa shape index (κ3) is 4.92. The van der Waals surface area contributed by atoms with Crippen molar-refractivity contribution in [1.29, 1.82) is 0 Å². The number of aliphatic hydroxyl groups excluding tert-OH is 1. The molecule has 0 aromatic carbocycles. The summed E-state index contributed by atoms with van der Waals surface area (Å²) < 4.78 is 5.34. The van der Waals surface area contributed by atoms with Gasteiger partial charge in [-0.1, -0.05) is 6.42 Å². The van der Waals surface area contributed by atoms with Crippen LogP contribution in [0.25, 0.3) is 0 Å². The van der Waals surface area contributed by atoms with Crippen molar-refractivity contribution in [1.82, 2.24) is 4.90 Å². The lowest BCUT2D eigenvalue weighted by Crippen LogP contribution is -2.48. The summed E-state index contributed by atoms with van der Waals surface area (Å²) >= 11 is 0. The molecule has 1 fully saturated rings. The van der Waals surface area contributed by atoms with Gasteiger partial charge in [-0.3, -0.25) is 4.90 Å². The number of rotatable bonds is 8. The Morgan fingerprint density at radius 2 is 2.29 bits per heavy atom. The number of nitrogens with two attached hydrogens (primary N) is 1. The van der Waals surface area contributed by atoms with Crippen molar-refractivity contribution in [3.63, 3.8) is 0 Å². The molecule has 0 bridgehead atoms. The molecule has 1 aliphatic heterocycles. The number of hydrogen-bond donors (Lipinski definition) is 2. The van der Waals surface area contributed by atoms with E-state index in [4.69, 9.17) is 15.6 Å². The average molecular weight is 244 g/mol. The quantitative estimate of drug-likeness (QED) is 0.668. The van der Waals surface area contributed by atoms with Gasteiger partial charge in [0.25, 0.3) is 0 Å². The minimum absolute atomic E-state index is 0.289. The first kappa shape index (κ1) is 14.9. The van der Waals surface area contributed by atoms with Crippen molar-refractivity contribution in [3.05, 3.63) is 0 Å². The predicted octanol–water partition coefficient (Wildman–Crippen LogP) is 0.977. The van der Waals surface area contributed by atoms with Gasteiger partial charge in [-0.2, -0.15) is 0 Å². The average Bonchev–Trinajstić information content (AvgIpc) is 2.36. The fourth-order valence-electron chi connectivity index (χ4n) is 2.85. The van der Waals surface area contributed by atoms with Crippen molar-refractivity contribution >= 4 is 0 Å². The predicted molar refractivity (Wildman–Crippen MR) is 70.0 cm³/mol. The first-order valence-corrected chi connectivity index (χ1v) is 6.89. The van der Waals surface area contributed by atoms with Crippen LogP contribution in [0.3, 0.4) is 0 Å². The zero-order valence-corrected chi connectivity index (χ0v) is 11.1. The summed E-state index contributed by atoms with van der Waals surface area (Å²) in [4.78, 5) is 2.54. The monoisotopic (exact) mass is 244 g/mol. The highest BCUT2D eigenvalue weighted by atomic mass is 16.5. The van der Waals surface area contributed by atoms with Gasteiger partial charge in [-0.25, -0.2) is 0 Å². The van der Waals surface area contributed by atoms with E-state index in [1.54, 1.807) is 7.11 Å². The highest BCUT2D eigenvalue weighted by Crippen LogP contribution is 2.23. The molecular weight excluding hydrogens is 216 g/mol. The number of piperidine rings is 1. The van der Waals surface area contributed by atoms with Crippen LogP contribution in [0, 0.1) is 0 Å². The van der Waals surface area contributed by atoms with Gasteiger partial charge < -0.3 is 15.6 Å². The van der Waals surface area contributed by atoms with Gasteiger partial charge in [0, 0.05) is 25.8 Å². The fraction of sp³-hybridized carbons (Fsp3) is 1.00. The maximum atomic E-state index is 9.15. The fourth-order valence-corrected chi connectivity index (χ4v) is 2.85. The molecule has 0 aromatic rings. The Kier molecular flexibility index (Phi) is 7.77. The maximum absolute atomic E-state index is 9.15. The van der Waals surface area contributed by atoms with Crippen LogP contribution in [0.4, 0.5) is 0 Å². The van der Waals surface area contributed by atoms with Crippen LogP contribution in [0.15, 0.2) is 0 Å². The van der Waals surface area contributed by atoms with Crippen LogP contribution in [0.1, 0.15) is 38.5 Å². The maximum Gasteiger partial charge on any atom is 0.0618 e. The summed E-state index contributed by atoms with van der Waals surface area (Å²) in [5.41, 5.74) is 5.60. The lowest BCUT2D eigenvalue weighted by Gasteiger charge is -2.41. The molecular formula is C13H28N2O2. The first-order chi connectivity index (χ1) is 8.33. The second-order valence-corrected chi connectivity index (χ2v) is 4.94. The summed E-state index contributed by atoms with van der Waals surface area (Å²) in [5, 5.41) is 9.15. The Balaban J connectivity index is 2.53. The van der Waals surface area contributed by atoms with Gasteiger partial charge in [0.05, 0.1) is 6.61 Å². The van der Waals surface area contributed by atoms with Crippen LogP contribution < -0.4 is 5.73 Å². The van der Waals surface area contributed by atoms with Gasteiger partial charge in [0.2, 0.25) is 0 Å². The van der Waals surface area contributed by atoms with Crippen molar-refractivity contribution in [2.75, 3.05) is 33.4 Å². The zero-order chi connectivity index (χ0) is 12.5. The highest BCUT2D eigenvalue weighted by molar-refractivity contribution is 4.83. The molecule has 0 radical (unpaired) electrons. The molecule has 1 rings (SSSR count). The third-order valence-corrected chi connectivity index (χ3v) is 3.70. The summed E-state index contributed by atoms with van der Waals surface area (Å²) in [6.07, 6.45) is 6.82. The summed E-state index contributed by atoms with van der Waals surface area (Å²) in [6, 6.07) is 1.01. The second-order valence-electron chi connectivity index (χ2n) is 4.94. The van der Waals surface area contributed by atoms with Crippen molar-refractivity contribution in [2.45, 2.75) is 50.6 Å². The van der Waals surface area contributed by atoms with Crippen LogP contribution in [-0.4, -0.2) is 55.5 Å². The third-order valence-electron chi connectivity index (χ3n) is 3.70. The largest absolute Gasteiger partial charge is 0.396 e. The molecule has 4 nitrogen and oxygen atoms in total. The van der Waals surface area contributed by atoms with Gasteiger partial charge >= 0.3 is 0 Å². The Hall–Kier alpha value is -0.160. The number of ether oxygens (including phenoxy) is 1. The topological polar surface area (TPSA) is 58.7 Å². The summed E-state index contributed by atoms with van der Waals surface area (Å²) in [6.45, 7) is 2.96. The molecule has 0 spiro atoms. The standard InChI is InChI=1S/C13H28N2O2/c1-17-11-13(6-4-8-14)15-9-3-2-5-12(15)7-10-16/h12-13,16H,2-11,14H2,1H3. The van der Waals surface area contributed by atoms with Crippen molar-refractivity contribution < 1.29 is 9.84 Å². The number of aliphatic hydroxyl groups is 1. The molecule has 0 aromatic heterocycles. The van der Waals surface area contributed by atoms with Crippen molar-refractivity contribution in [3.8, 4) is 0 Å². The molecule has 1 aliphatic rings. The minimum atomic E-state index is 0.289. The van der Waals surface area contributed by atoms with E-state index >= 15 is 0 Å². The summed E-state index contributed by atoms with van der Waals surface area (Å²) in [5.74, 6) is 0. The van der Waals surface area contributed by atoms with Crippen LogP contribution in [0.2, 0.25) is 0 Å². The second kappa shape index (κ2) is 8.86. The van der Waals surface area contributed by atoms with E-state index in [1.807, 2.05) is 0 Å². The van der Waals surface area contributed by atoms with E-state index in [9.17, 15) is 0 Å². The van der Waals surface area contributed by atoms with E-state index in [0.717, 1.165) is 39.0 Å². The SMILES string of the molecule is COCC(CCCN)N1CCCCC1CCO. The lowest BCUT2D eigenvalue weighted by molar-refractivity contribution is 0.0265. The van der Waals surface area contributed by atoms with Crippen LogP contribution in [-0.2, 0) is 4.74 Å². The Bertz CT molecular complexity index is 188. The molecule has 0 amide bonds. The van der Waals surface area contributed by atoms with E-state index in [-0.39, 0.29) is 6.61 Å². The molecule has 102 valence electrons. The van der Waals surface area contributed by atoms with Gasteiger partial charge in [-0.15, -0.1) is 0 Å². The molecule has 1 heterocycles. The molecule has 4 heteroatoms. The van der Waals surface area contributed by atoms with E-state index in [2.05, 4.69) is 4.90 Å². The first-order valence-electron chi connectivity index (χ1n) is 6.89. The van der Waals surface area contributed by atoms with Gasteiger partial charge in [0.15, 0.2) is 0 Å². The van der Waals surface area contributed by atoms with E-state index in [1.165, 1.54) is 19.3 Å². The molecule has 2 unspecified atom stereocenters. The number of hydrogen-bond acceptors (Lipinski definition) is 4. The normalized spacial score (nSPS) is 23.8. The Labute approximate surface area is 105 Å². The molecule has 17 heavy (non-hydrogen) atoms. The highest BCUT2D eigenvalue weighted by Gasteiger charge is 2.27. The number of methoxy groups -OCH3 is 1. The van der Waals surface area contributed by atoms with Crippen LogP contribution >= 0.6 is 0 Å². The Morgan fingerprint density at radius 3 is 2.94 bits per heavy atom. The Morgan fingerprint density at radius 1 is 1.47 bits per heavy atom. The lowest BCUT2D eigenvalue weighted by atomic mass is 9.96. The van der Waals surface area contributed by atoms with Gasteiger partial charge in [0.1, 0.15) is 0 Å². The summed E-state index contributed by atoms with van der Waals surface area (Å²) in [7, 11) is 1.76. The van der Waals surface area contributed by atoms with E-state index in [0.29, 0.717) is 12.1 Å². The molecule has 3 N–H and O–H groups in total. The number of likely N-dealkylation sites (tertiary alicyclic amines) is 1. The van der Waals surface area contributed by atoms with E-state index < -0.39 is 0 Å². The van der Waals surface area contributed by atoms with Crippen molar-refractivity contribution in [2.24, 2.45) is 5.73 Å². The minimum Gasteiger partial charge on any atom is -0.396 e. The molecule has 2 atom stereocenters. The smallest absolute Gasteiger partial charge is 0.0618 e. The van der Waals surface area contributed by atoms with Crippen LogP contribution in [0.5, 0.6) is 0 Å².